The summed E-state index contributed by atoms with van der Waals surface area (Å²) in [5, 5.41) is 0. The molecule has 5 heteroatoms. The van der Waals surface area contributed by atoms with Crippen LogP contribution in [0.2, 0.25) is 0 Å². The lowest BCUT2D eigenvalue weighted by Crippen LogP contribution is -2.55. The van der Waals surface area contributed by atoms with Crippen molar-refractivity contribution < 1.29 is 14.3 Å². The van der Waals surface area contributed by atoms with Gasteiger partial charge in [0.1, 0.15) is 0 Å². The summed E-state index contributed by atoms with van der Waals surface area (Å²) in [5.41, 5.74) is 0.306. The summed E-state index contributed by atoms with van der Waals surface area (Å²) in [5.74, 6) is 1.43. The molecule has 1 aliphatic carbocycles. The summed E-state index contributed by atoms with van der Waals surface area (Å²) in [6.45, 7) is 5.20. The van der Waals surface area contributed by atoms with Gasteiger partial charge in [0, 0.05) is 50.4 Å². The average Bonchev–Trinajstić information content (AvgIpc) is 3.44. The van der Waals surface area contributed by atoms with E-state index in [1.54, 1.807) is 0 Å². The summed E-state index contributed by atoms with van der Waals surface area (Å²) in [6.07, 6.45) is 9.29. The van der Waals surface area contributed by atoms with E-state index in [1.165, 1.54) is 25.7 Å². The molecule has 3 aliphatic heterocycles. The molecule has 5 nitrogen and oxygen atoms in total. The summed E-state index contributed by atoms with van der Waals surface area (Å²) in [6, 6.07) is 0.566. The Balaban J connectivity index is 1.26. The molecule has 3 heterocycles. The average molecular weight is 351 g/mol. The van der Waals surface area contributed by atoms with Crippen LogP contribution < -0.4 is 0 Å². The third-order valence-electron chi connectivity index (χ3n) is 7.18. The van der Waals surface area contributed by atoms with Gasteiger partial charge in [-0.3, -0.25) is 9.69 Å². The standard InChI is InChI=1S/C20H34N2O3/c1-21-18(15-25-14-16-2-3-16)4-7-20(21)8-10-22(11-9-20)19(23)17-5-12-24-13-6-17/h16-18H,2-15H2,1H3/t18-/m0/s1. The molecule has 4 rings (SSSR count). The van der Waals surface area contributed by atoms with Crippen LogP contribution in [-0.2, 0) is 14.3 Å². The molecule has 0 radical (unpaired) electrons. The molecule has 25 heavy (non-hydrogen) atoms. The Bertz CT molecular complexity index is 466. The van der Waals surface area contributed by atoms with Crippen molar-refractivity contribution in [3.63, 3.8) is 0 Å². The van der Waals surface area contributed by atoms with Gasteiger partial charge in [-0.05, 0) is 64.3 Å². The molecule has 3 saturated heterocycles. The Kier molecular flexibility index (Phi) is 5.35. The van der Waals surface area contributed by atoms with E-state index in [1.807, 2.05) is 0 Å². The van der Waals surface area contributed by atoms with Crippen molar-refractivity contribution >= 4 is 5.91 Å². The number of rotatable bonds is 5. The van der Waals surface area contributed by atoms with Gasteiger partial charge in [0.2, 0.25) is 5.91 Å². The predicted octanol–water partition coefficient (Wildman–Crippen LogP) is 2.29. The van der Waals surface area contributed by atoms with Gasteiger partial charge in [-0.1, -0.05) is 0 Å². The molecule has 4 fully saturated rings. The molecule has 0 aromatic rings. The molecule has 0 bridgehead atoms. The van der Waals surface area contributed by atoms with Gasteiger partial charge < -0.3 is 14.4 Å². The van der Waals surface area contributed by atoms with Crippen LogP contribution in [0.5, 0.6) is 0 Å². The van der Waals surface area contributed by atoms with Crippen molar-refractivity contribution in [1.29, 1.82) is 0 Å². The Morgan fingerprint density at radius 2 is 1.76 bits per heavy atom. The molecular weight excluding hydrogens is 316 g/mol. The van der Waals surface area contributed by atoms with Crippen molar-refractivity contribution in [3.05, 3.63) is 0 Å². The van der Waals surface area contributed by atoms with Crippen molar-refractivity contribution in [2.24, 2.45) is 11.8 Å². The minimum atomic E-state index is 0.202. The number of amides is 1. The molecule has 1 spiro atoms. The lowest BCUT2D eigenvalue weighted by molar-refractivity contribution is -0.141. The fourth-order valence-corrected chi connectivity index (χ4v) is 4.99. The Morgan fingerprint density at radius 1 is 1.04 bits per heavy atom. The largest absolute Gasteiger partial charge is 0.381 e. The van der Waals surface area contributed by atoms with E-state index < -0.39 is 0 Å². The highest BCUT2D eigenvalue weighted by molar-refractivity contribution is 5.79. The van der Waals surface area contributed by atoms with Gasteiger partial charge in [-0.15, -0.1) is 0 Å². The highest BCUT2D eigenvalue weighted by Crippen LogP contribution is 2.41. The molecule has 4 aliphatic rings. The zero-order valence-electron chi connectivity index (χ0n) is 15.8. The van der Waals surface area contributed by atoms with Crippen molar-refractivity contribution in [1.82, 2.24) is 9.80 Å². The van der Waals surface area contributed by atoms with Gasteiger partial charge in [0.05, 0.1) is 6.61 Å². The van der Waals surface area contributed by atoms with Crippen LogP contribution in [0.3, 0.4) is 0 Å². The fourth-order valence-electron chi connectivity index (χ4n) is 4.99. The predicted molar refractivity (Wildman–Crippen MR) is 96.4 cm³/mol. The van der Waals surface area contributed by atoms with Crippen LogP contribution in [0.15, 0.2) is 0 Å². The van der Waals surface area contributed by atoms with Crippen molar-refractivity contribution in [2.45, 2.75) is 62.9 Å². The Morgan fingerprint density at radius 3 is 2.44 bits per heavy atom. The molecule has 0 aromatic heterocycles. The van der Waals surface area contributed by atoms with Crippen LogP contribution in [0.25, 0.3) is 0 Å². The second kappa shape index (κ2) is 7.53. The number of likely N-dealkylation sites (N-methyl/N-ethyl adjacent to an activating group) is 1. The van der Waals surface area contributed by atoms with E-state index in [0.29, 0.717) is 17.5 Å². The third kappa shape index (κ3) is 3.88. The molecule has 0 unspecified atom stereocenters. The summed E-state index contributed by atoms with van der Waals surface area (Å²) in [7, 11) is 2.29. The number of piperidine rings is 1. The molecule has 1 amide bonds. The minimum absolute atomic E-state index is 0.202. The first-order chi connectivity index (χ1) is 12.2. The van der Waals surface area contributed by atoms with Gasteiger partial charge in [-0.2, -0.15) is 0 Å². The SMILES string of the molecule is CN1[C@H](COCC2CC2)CCC12CCN(C(=O)C1CCOCC1)CC2. The van der Waals surface area contributed by atoms with Gasteiger partial charge >= 0.3 is 0 Å². The van der Waals surface area contributed by atoms with E-state index in [-0.39, 0.29) is 5.92 Å². The summed E-state index contributed by atoms with van der Waals surface area (Å²) >= 11 is 0. The van der Waals surface area contributed by atoms with Crippen LogP contribution in [0.4, 0.5) is 0 Å². The van der Waals surface area contributed by atoms with Crippen LogP contribution in [-0.4, -0.2) is 73.9 Å². The number of ether oxygens (including phenoxy) is 2. The molecular formula is C20H34N2O3. The fraction of sp³-hybridized carbons (Fsp3) is 0.950. The van der Waals surface area contributed by atoms with Gasteiger partial charge in [0.25, 0.3) is 0 Å². The number of likely N-dealkylation sites (tertiary alicyclic amines) is 2. The van der Waals surface area contributed by atoms with E-state index in [2.05, 4.69) is 16.8 Å². The molecule has 0 aromatic carbocycles. The molecule has 142 valence electrons. The topological polar surface area (TPSA) is 42.0 Å². The van der Waals surface area contributed by atoms with E-state index in [4.69, 9.17) is 9.47 Å². The maximum absolute atomic E-state index is 12.8. The lowest BCUT2D eigenvalue weighted by Gasteiger charge is -2.45. The quantitative estimate of drug-likeness (QED) is 0.763. The highest BCUT2D eigenvalue weighted by atomic mass is 16.5. The highest BCUT2D eigenvalue weighted by Gasteiger charge is 2.46. The number of carbonyl (C=O) groups is 1. The van der Waals surface area contributed by atoms with Crippen LogP contribution in [0, 0.1) is 11.8 Å². The van der Waals surface area contributed by atoms with Crippen LogP contribution >= 0.6 is 0 Å². The molecule has 1 atom stereocenters. The Hall–Kier alpha value is -0.650. The summed E-state index contributed by atoms with van der Waals surface area (Å²) in [4.78, 5) is 17.5. The van der Waals surface area contributed by atoms with Gasteiger partial charge in [-0.25, -0.2) is 0 Å². The maximum atomic E-state index is 12.8. The number of nitrogens with zero attached hydrogens (tertiary/aromatic N) is 2. The second-order valence-corrected chi connectivity index (χ2v) is 8.72. The van der Waals surface area contributed by atoms with E-state index in [0.717, 1.165) is 71.1 Å². The zero-order valence-corrected chi connectivity index (χ0v) is 15.8. The Labute approximate surface area is 152 Å². The van der Waals surface area contributed by atoms with E-state index >= 15 is 0 Å². The van der Waals surface area contributed by atoms with E-state index in [9.17, 15) is 4.79 Å². The molecule has 0 N–H and O–H groups in total. The van der Waals surface area contributed by atoms with Crippen LogP contribution in [0.1, 0.15) is 51.4 Å². The monoisotopic (exact) mass is 350 g/mol. The number of hydrogen-bond donors (Lipinski definition) is 0. The van der Waals surface area contributed by atoms with Crippen molar-refractivity contribution in [2.75, 3.05) is 46.6 Å². The zero-order chi connectivity index (χ0) is 17.3. The van der Waals surface area contributed by atoms with Crippen molar-refractivity contribution in [3.8, 4) is 0 Å². The lowest BCUT2D eigenvalue weighted by atomic mass is 9.84. The smallest absolute Gasteiger partial charge is 0.225 e. The second-order valence-electron chi connectivity index (χ2n) is 8.72. The first kappa shape index (κ1) is 17.7. The first-order valence-electron chi connectivity index (χ1n) is 10.4. The molecule has 1 saturated carbocycles. The number of hydrogen-bond acceptors (Lipinski definition) is 4. The minimum Gasteiger partial charge on any atom is -0.381 e. The number of carbonyl (C=O) groups excluding carboxylic acids is 1. The first-order valence-corrected chi connectivity index (χ1v) is 10.4. The third-order valence-corrected chi connectivity index (χ3v) is 7.18. The maximum Gasteiger partial charge on any atom is 0.225 e. The summed E-state index contributed by atoms with van der Waals surface area (Å²) < 4.78 is 11.4. The normalized spacial score (nSPS) is 30.9. The van der Waals surface area contributed by atoms with Gasteiger partial charge in [0.15, 0.2) is 0 Å².